The fourth-order valence-corrected chi connectivity index (χ4v) is 3.18. The lowest BCUT2D eigenvalue weighted by Gasteiger charge is -2.10. The van der Waals surface area contributed by atoms with Crippen molar-refractivity contribution < 1.29 is 18.7 Å². The van der Waals surface area contributed by atoms with Crippen molar-refractivity contribution in [2.24, 2.45) is 0 Å². The molecule has 162 valence electrons. The predicted octanol–water partition coefficient (Wildman–Crippen LogP) is 4.90. The molecule has 0 aliphatic heterocycles. The summed E-state index contributed by atoms with van der Waals surface area (Å²) in [5.41, 5.74) is 3.03. The highest BCUT2D eigenvalue weighted by Crippen LogP contribution is 2.26. The van der Waals surface area contributed by atoms with Crippen LogP contribution in [0.1, 0.15) is 16.7 Å². The number of ether oxygens (including phenoxy) is 2. The second-order valence-electron chi connectivity index (χ2n) is 7.51. The van der Waals surface area contributed by atoms with Gasteiger partial charge in [-0.1, -0.05) is 42.5 Å². The molecule has 0 aliphatic rings. The van der Waals surface area contributed by atoms with Crippen LogP contribution in [0, 0.1) is 13.8 Å². The minimum atomic E-state index is -0.278. The van der Waals surface area contributed by atoms with E-state index in [2.05, 4.69) is 5.32 Å². The third-order valence-electron chi connectivity index (χ3n) is 4.98. The summed E-state index contributed by atoms with van der Waals surface area (Å²) in [5, 5.41) is 3.17. The summed E-state index contributed by atoms with van der Waals surface area (Å²) < 4.78 is 17.0. The van der Waals surface area contributed by atoms with Gasteiger partial charge in [0.15, 0.2) is 6.61 Å². The Labute approximate surface area is 185 Å². The molecule has 0 fully saturated rings. The van der Waals surface area contributed by atoms with Crippen molar-refractivity contribution in [2.75, 3.05) is 6.61 Å². The van der Waals surface area contributed by atoms with E-state index in [1.807, 2.05) is 62.4 Å². The maximum Gasteiger partial charge on any atom is 0.258 e. The summed E-state index contributed by atoms with van der Waals surface area (Å²) >= 11 is 0. The zero-order chi connectivity index (χ0) is 22.5. The number of benzene rings is 3. The van der Waals surface area contributed by atoms with Crippen LogP contribution >= 0.6 is 0 Å². The molecule has 6 nitrogen and oxygen atoms in total. The second-order valence-corrected chi connectivity index (χ2v) is 7.51. The SMILES string of the molecule is Cc1ccc(C)c(Oc2coc3cc(OCC(=O)NCc4ccccc4)ccc3c2=O)c1. The molecule has 1 amide bonds. The fraction of sp³-hybridized carbons (Fsp3) is 0.154. The van der Waals surface area contributed by atoms with Gasteiger partial charge in [-0.05, 0) is 48.7 Å². The van der Waals surface area contributed by atoms with Gasteiger partial charge in [-0.15, -0.1) is 0 Å². The molecule has 0 spiro atoms. The summed E-state index contributed by atoms with van der Waals surface area (Å²) in [5.74, 6) is 0.907. The minimum absolute atomic E-state index is 0.111. The average molecular weight is 429 g/mol. The lowest BCUT2D eigenvalue weighted by Crippen LogP contribution is -2.28. The minimum Gasteiger partial charge on any atom is -0.484 e. The molecule has 0 saturated heterocycles. The third-order valence-corrected chi connectivity index (χ3v) is 4.98. The first-order chi connectivity index (χ1) is 15.5. The van der Waals surface area contributed by atoms with Crippen LogP contribution in [0.2, 0.25) is 0 Å². The van der Waals surface area contributed by atoms with Gasteiger partial charge >= 0.3 is 0 Å². The standard InChI is InChI=1S/C26H23NO5/c1-17-8-9-18(2)22(12-17)32-24-15-31-23-13-20(10-11-21(23)26(24)29)30-16-25(28)27-14-19-6-4-3-5-7-19/h3-13,15H,14,16H2,1-2H3,(H,27,28). The first-order valence-corrected chi connectivity index (χ1v) is 10.2. The van der Waals surface area contributed by atoms with Crippen molar-refractivity contribution in [3.05, 3.63) is 99.9 Å². The maximum atomic E-state index is 12.8. The number of carbonyl (C=O) groups excluding carboxylic acids is 1. The molecule has 4 rings (SSSR count). The van der Waals surface area contributed by atoms with Gasteiger partial charge in [-0.2, -0.15) is 0 Å². The Morgan fingerprint density at radius 2 is 1.78 bits per heavy atom. The Morgan fingerprint density at radius 3 is 2.59 bits per heavy atom. The average Bonchev–Trinajstić information content (AvgIpc) is 2.81. The van der Waals surface area contributed by atoms with Gasteiger partial charge in [0.2, 0.25) is 11.2 Å². The zero-order valence-corrected chi connectivity index (χ0v) is 17.9. The molecule has 1 aromatic heterocycles. The van der Waals surface area contributed by atoms with Crippen molar-refractivity contribution in [2.45, 2.75) is 20.4 Å². The molecule has 1 heterocycles. The van der Waals surface area contributed by atoms with E-state index in [-0.39, 0.29) is 23.7 Å². The van der Waals surface area contributed by atoms with E-state index < -0.39 is 0 Å². The van der Waals surface area contributed by atoms with Gasteiger partial charge in [0.05, 0.1) is 5.39 Å². The number of amides is 1. The normalized spacial score (nSPS) is 10.7. The second kappa shape index (κ2) is 9.39. The topological polar surface area (TPSA) is 77.8 Å². The Hall–Kier alpha value is -4.06. The molecule has 0 radical (unpaired) electrons. The number of carbonyl (C=O) groups is 1. The lowest BCUT2D eigenvalue weighted by molar-refractivity contribution is -0.123. The molecule has 0 unspecified atom stereocenters. The summed E-state index contributed by atoms with van der Waals surface area (Å²) in [6, 6.07) is 20.2. The third kappa shape index (κ3) is 4.98. The summed E-state index contributed by atoms with van der Waals surface area (Å²) in [6.07, 6.45) is 1.29. The molecule has 6 heteroatoms. The Kier molecular flexibility index (Phi) is 6.22. The van der Waals surface area contributed by atoms with Gasteiger partial charge in [0.25, 0.3) is 5.91 Å². The quantitative estimate of drug-likeness (QED) is 0.452. The number of nitrogens with one attached hydrogen (secondary N) is 1. The van der Waals surface area contributed by atoms with Crippen LogP contribution in [0.4, 0.5) is 0 Å². The van der Waals surface area contributed by atoms with E-state index in [0.29, 0.717) is 29.0 Å². The highest BCUT2D eigenvalue weighted by atomic mass is 16.5. The molecule has 4 aromatic rings. The fourth-order valence-electron chi connectivity index (χ4n) is 3.18. The molecular formula is C26H23NO5. The monoisotopic (exact) mass is 429 g/mol. The van der Waals surface area contributed by atoms with E-state index in [1.54, 1.807) is 18.2 Å². The number of fused-ring (bicyclic) bond motifs is 1. The highest BCUT2D eigenvalue weighted by molar-refractivity contribution is 5.80. The van der Waals surface area contributed by atoms with Crippen molar-refractivity contribution in [3.8, 4) is 17.2 Å². The predicted molar refractivity (Wildman–Crippen MR) is 122 cm³/mol. The van der Waals surface area contributed by atoms with E-state index in [4.69, 9.17) is 13.9 Å². The van der Waals surface area contributed by atoms with Gasteiger partial charge in [-0.25, -0.2) is 0 Å². The Bertz CT molecular complexity index is 1310. The van der Waals surface area contributed by atoms with Crippen LogP contribution in [-0.4, -0.2) is 12.5 Å². The number of hydrogen-bond donors (Lipinski definition) is 1. The molecule has 3 aromatic carbocycles. The molecule has 0 aliphatic carbocycles. The molecule has 32 heavy (non-hydrogen) atoms. The first kappa shape index (κ1) is 21.2. The largest absolute Gasteiger partial charge is 0.484 e. The van der Waals surface area contributed by atoms with E-state index in [0.717, 1.165) is 16.7 Å². The maximum absolute atomic E-state index is 12.8. The van der Waals surface area contributed by atoms with Crippen molar-refractivity contribution in [1.29, 1.82) is 0 Å². The van der Waals surface area contributed by atoms with Crippen LogP contribution in [0.5, 0.6) is 17.2 Å². The lowest BCUT2D eigenvalue weighted by atomic mass is 10.1. The van der Waals surface area contributed by atoms with Gasteiger partial charge in [0, 0.05) is 12.6 Å². The number of aryl methyl sites for hydroxylation is 2. The first-order valence-electron chi connectivity index (χ1n) is 10.2. The van der Waals surface area contributed by atoms with Crippen LogP contribution in [0.15, 0.2) is 82.2 Å². The summed E-state index contributed by atoms with van der Waals surface area (Å²) in [6.45, 7) is 4.16. The smallest absolute Gasteiger partial charge is 0.258 e. The molecule has 1 N–H and O–H groups in total. The zero-order valence-electron chi connectivity index (χ0n) is 17.9. The molecule has 0 bridgehead atoms. The van der Waals surface area contributed by atoms with E-state index in [1.165, 1.54) is 6.26 Å². The Morgan fingerprint density at radius 1 is 0.969 bits per heavy atom. The molecule has 0 saturated carbocycles. The van der Waals surface area contributed by atoms with E-state index in [9.17, 15) is 9.59 Å². The van der Waals surface area contributed by atoms with E-state index >= 15 is 0 Å². The number of hydrogen-bond acceptors (Lipinski definition) is 5. The van der Waals surface area contributed by atoms with Crippen molar-refractivity contribution >= 4 is 16.9 Å². The van der Waals surface area contributed by atoms with Crippen LogP contribution in [-0.2, 0) is 11.3 Å². The molecule has 0 atom stereocenters. The molecular weight excluding hydrogens is 406 g/mol. The summed E-state index contributed by atoms with van der Waals surface area (Å²) in [7, 11) is 0. The van der Waals surface area contributed by atoms with Gasteiger partial charge < -0.3 is 19.2 Å². The van der Waals surface area contributed by atoms with Gasteiger partial charge in [0.1, 0.15) is 23.3 Å². The van der Waals surface area contributed by atoms with Crippen molar-refractivity contribution in [3.63, 3.8) is 0 Å². The van der Waals surface area contributed by atoms with Crippen LogP contribution in [0.3, 0.4) is 0 Å². The van der Waals surface area contributed by atoms with Crippen molar-refractivity contribution in [1.82, 2.24) is 5.32 Å². The van der Waals surface area contributed by atoms with Gasteiger partial charge in [-0.3, -0.25) is 9.59 Å². The van der Waals surface area contributed by atoms with Crippen LogP contribution in [0.25, 0.3) is 11.0 Å². The number of rotatable bonds is 7. The van der Waals surface area contributed by atoms with Crippen LogP contribution < -0.4 is 20.2 Å². The Balaban J connectivity index is 1.43. The highest BCUT2D eigenvalue weighted by Gasteiger charge is 2.12. The summed E-state index contributed by atoms with van der Waals surface area (Å²) in [4.78, 5) is 24.9.